The quantitative estimate of drug-likeness (QED) is 0.939. The van der Waals surface area contributed by atoms with E-state index in [1.807, 2.05) is 18.3 Å². The lowest BCUT2D eigenvalue weighted by Gasteiger charge is -2.27. The van der Waals surface area contributed by atoms with E-state index in [1.165, 1.54) is 0 Å². The predicted octanol–water partition coefficient (Wildman–Crippen LogP) is 3.48. The largest absolute Gasteiger partial charge is 0.348 e. The van der Waals surface area contributed by atoms with Crippen LogP contribution in [-0.4, -0.2) is 20.1 Å². The molecule has 2 aromatic rings. The van der Waals surface area contributed by atoms with E-state index in [1.54, 1.807) is 4.52 Å². The highest BCUT2D eigenvalue weighted by atomic mass is 79.9. The molecule has 4 nitrogen and oxygen atoms in total. The topological polar surface area (TPSA) is 42.2 Å². The molecule has 92 valence electrons. The minimum atomic E-state index is 0.0530. The van der Waals surface area contributed by atoms with Gasteiger partial charge in [-0.05, 0) is 47.8 Å². The van der Waals surface area contributed by atoms with E-state index in [9.17, 15) is 0 Å². The molecule has 0 amide bonds. The molecule has 5 heteroatoms. The third kappa shape index (κ3) is 2.44. The summed E-state index contributed by atoms with van der Waals surface area (Å²) in [4.78, 5) is 4.49. The number of pyridine rings is 1. The second-order valence-corrected chi connectivity index (χ2v) is 5.31. The van der Waals surface area contributed by atoms with Crippen molar-refractivity contribution < 1.29 is 0 Å². The Morgan fingerprint density at radius 3 is 2.71 bits per heavy atom. The van der Waals surface area contributed by atoms with Gasteiger partial charge in [-0.1, -0.05) is 13.8 Å². The molecule has 0 radical (unpaired) electrons. The van der Waals surface area contributed by atoms with Crippen molar-refractivity contribution in [2.45, 2.75) is 39.2 Å². The predicted molar refractivity (Wildman–Crippen MR) is 73.3 cm³/mol. The Kier molecular flexibility index (Phi) is 3.38. The molecule has 0 spiro atoms. The van der Waals surface area contributed by atoms with Crippen LogP contribution in [0.25, 0.3) is 5.65 Å². The highest BCUT2D eigenvalue weighted by Crippen LogP contribution is 2.22. The Bertz CT molecular complexity index is 516. The molecule has 2 heterocycles. The van der Waals surface area contributed by atoms with Gasteiger partial charge in [0.2, 0.25) is 5.95 Å². The molecule has 17 heavy (non-hydrogen) atoms. The fourth-order valence-corrected chi connectivity index (χ4v) is 2.05. The van der Waals surface area contributed by atoms with E-state index in [0.717, 1.165) is 23.0 Å². The van der Waals surface area contributed by atoms with E-state index in [4.69, 9.17) is 0 Å². The Morgan fingerprint density at radius 2 is 2.12 bits per heavy atom. The number of hydrogen-bond donors (Lipinski definition) is 1. The lowest BCUT2D eigenvalue weighted by Crippen LogP contribution is -2.33. The zero-order valence-electron chi connectivity index (χ0n) is 10.4. The maximum atomic E-state index is 4.49. The van der Waals surface area contributed by atoms with Gasteiger partial charge in [0, 0.05) is 11.7 Å². The summed E-state index contributed by atoms with van der Waals surface area (Å²) >= 11 is 3.47. The summed E-state index contributed by atoms with van der Waals surface area (Å²) in [5, 5.41) is 7.83. The van der Waals surface area contributed by atoms with Crippen molar-refractivity contribution >= 4 is 27.5 Å². The van der Waals surface area contributed by atoms with Crippen LogP contribution in [0.2, 0.25) is 0 Å². The number of aromatic nitrogens is 3. The van der Waals surface area contributed by atoms with Gasteiger partial charge in [0.25, 0.3) is 0 Å². The molecule has 0 atom stereocenters. The van der Waals surface area contributed by atoms with Gasteiger partial charge in [0.05, 0.1) is 4.47 Å². The summed E-state index contributed by atoms with van der Waals surface area (Å²) in [5.41, 5.74) is 0.891. The normalized spacial score (nSPS) is 12.0. The third-order valence-electron chi connectivity index (χ3n) is 3.29. The van der Waals surface area contributed by atoms with Crippen LogP contribution in [0.5, 0.6) is 0 Å². The summed E-state index contributed by atoms with van der Waals surface area (Å²) < 4.78 is 2.73. The molecule has 0 aliphatic heterocycles. The van der Waals surface area contributed by atoms with Crippen LogP contribution in [0, 0.1) is 0 Å². The summed E-state index contributed by atoms with van der Waals surface area (Å²) in [6.45, 7) is 6.53. The number of hydrogen-bond acceptors (Lipinski definition) is 3. The number of anilines is 1. The molecule has 2 aromatic heterocycles. The second-order valence-electron chi connectivity index (χ2n) is 4.45. The first-order chi connectivity index (χ1) is 8.08. The molecule has 0 fully saturated rings. The van der Waals surface area contributed by atoms with Crippen molar-refractivity contribution in [3.05, 3.63) is 22.8 Å². The molecule has 0 saturated carbocycles. The SMILES string of the molecule is CCC(C)(CC)Nc1nc2c(Br)cccn2n1. The van der Waals surface area contributed by atoms with Crippen LogP contribution < -0.4 is 5.32 Å². The molecule has 0 unspecified atom stereocenters. The minimum Gasteiger partial charge on any atom is -0.348 e. The first-order valence-corrected chi connectivity index (χ1v) is 6.66. The minimum absolute atomic E-state index is 0.0530. The average molecular weight is 297 g/mol. The molecule has 0 aliphatic carbocycles. The third-order valence-corrected chi connectivity index (χ3v) is 3.91. The molecule has 0 aromatic carbocycles. The number of nitrogens with one attached hydrogen (secondary N) is 1. The molecule has 0 saturated heterocycles. The summed E-state index contributed by atoms with van der Waals surface area (Å²) in [7, 11) is 0. The van der Waals surface area contributed by atoms with E-state index in [2.05, 4.69) is 52.1 Å². The van der Waals surface area contributed by atoms with Gasteiger partial charge >= 0.3 is 0 Å². The second kappa shape index (κ2) is 4.64. The first-order valence-electron chi connectivity index (χ1n) is 5.87. The Balaban J connectivity index is 2.34. The standard InChI is InChI=1S/C12H17BrN4/c1-4-12(3,5-2)15-11-14-10-9(13)7-6-8-17(10)16-11/h6-8H,4-5H2,1-3H3,(H,15,16). The van der Waals surface area contributed by atoms with E-state index in [-0.39, 0.29) is 5.54 Å². The van der Waals surface area contributed by atoms with E-state index >= 15 is 0 Å². The number of halogens is 1. The Morgan fingerprint density at radius 1 is 1.41 bits per heavy atom. The first kappa shape index (κ1) is 12.4. The molecular weight excluding hydrogens is 280 g/mol. The van der Waals surface area contributed by atoms with Crippen LogP contribution in [0.15, 0.2) is 22.8 Å². The van der Waals surface area contributed by atoms with Gasteiger partial charge in [-0.25, -0.2) is 4.52 Å². The average Bonchev–Trinajstić information content (AvgIpc) is 2.73. The van der Waals surface area contributed by atoms with Crippen molar-refractivity contribution in [2.75, 3.05) is 5.32 Å². The molecule has 1 N–H and O–H groups in total. The van der Waals surface area contributed by atoms with E-state index in [0.29, 0.717) is 5.95 Å². The number of rotatable bonds is 4. The van der Waals surface area contributed by atoms with Gasteiger partial charge in [-0.3, -0.25) is 0 Å². The van der Waals surface area contributed by atoms with Gasteiger partial charge in [0.1, 0.15) is 0 Å². The van der Waals surface area contributed by atoms with Crippen molar-refractivity contribution in [1.82, 2.24) is 14.6 Å². The lowest BCUT2D eigenvalue weighted by atomic mass is 9.96. The van der Waals surface area contributed by atoms with Crippen molar-refractivity contribution in [3.8, 4) is 0 Å². The van der Waals surface area contributed by atoms with Gasteiger partial charge < -0.3 is 5.32 Å². The summed E-state index contributed by atoms with van der Waals surface area (Å²) in [6, 6.07) is 3.90. The maximum absolute atomic E-state index is 4.49. The van der Waals surface area contributed by atoms with Gasteiger partial charge in [0.15, 0.2) is 5.65 Å². The lowest BCUT2D eigenvalue weighted by molar-refractivity contribution is 0.474. The Hall–Kier alpha value is -1.10. The van der Waals surface area contributed by atoms with Crippen LogP contribution in [0.1, 0.15) is 33.6 Å². The fourth-order valence-electron chi connectivity index (χ4n) is 1.62. The zero-order valence-corrected chi connectivity index (χ0v) is 12.0. The van der Waals surface area contributed by atoms with Crippen LogP contribution >= 0.6 is 15.9 Å². The van der Waals surface area contributed by atoms with Crippen molar-refractivity contribution in [3.63, 3.8) is 0 Å². The molecular formula is C12H17BrN4. The highest BCUT2D eigenvalue weighted by Gasteiger charge is 2.21. The zero-order chi connectivity index (χ0) is 12.5. The number of fused-ring (bicyclic) bond motifs is 1. The fraction of sp³-hybridized carbons (Fsp3) is 0.500. The van der Waals surface area contributed by atoms with Crippen molar-refractivity contribution in [2.24, 2.45) is 0 Å². The maximum Gasteiger partial charge on any atom is 0.243 e. The molecule has 2 rings (SSSR count). The summed E-state index contributed by atoms with van der Waals surface area (Å²) in [6.07, 6.45) is 3.98. The highest BCUT2D eigenvalue weighted by molar-refractivity contribution is 9.10. The van der Waals surface area contributed by atoms with Crippen LogP contribution in [0.4, 0.5) is 5.95 Å². The number of nitrogens with zero attached hydrogens (tertiary/aromatic N) is 3. The van der Waals surface area contributed by atoms with Gasteiger partial charge in [-0.15, -0.1) is 5.10 Å². The molecule has 0 aliphatic rings. The van der Waals surface area contributed by atoms with E-state index < -0.39 is 0 Å². The van der Waals surface area contributed by atoms with Crippen LogP contribution in [-0.2, 0) is 0 Å². The summed E-state index contributed by atoms with van der Waals surface area (Å²) in [5.74, 6) is 0.683. The Labute approximate surface area is 110 Å². The van der Waals surface area contributed by atoms with Gasteiger partial charge in [-0.2, -0.15) is 4.98 Å². The monoisotopic (exact) mass is 296 g/mol. The van der Waals surface area contributed by atoms with Crippen LogP contribution in [0.3, 0.4) is 0 Å². The molecule has 0 bridgehead atoms. The van der Waals surface area contributed by atoms with Crippen molar-refractivity contribution in [1.29, 1.82) is 0 Å². The smallest absolute Gasteiger partial charge is 0.243 e.